The fourth-order valence-corrected chi connectivity index (χ4v) is 0.757. The standard InChI is InChI=1S/C9H10.C4H8.C3H6.3CH4/c1-2-6-9-7-4-3-5-8-9;1-3-4-2;1-3-2;;;/h2-8H,1H3;3-4H,1-2H3;3H,1H2,2H3;3*1H4. The van der Waals surface area contributed by atoms with Crippen molar-refractivity contribution in [1.82, 2.24) is 0 Å². The van der Waals surface area contributed by atoms with Crippen LogP contribution < -0.4 is 0 Å². The Labute approximate surface area is 123 Å². The van der Waals surface area contributed by atoms with Crippen LogP contribution in [0.4, 0.5) is 0 Å². The molecule has 0 aromatic heterocycles. The largest absolute Gasteiger partial charge is 0.103 e. The maximum Gasteiger partial charge on any atom is -0.0260 e. The molecule has 0 nitrogen and oxygen atoms in total. The molecule has 0 spiro atoms. The van der Waals surface area contributed by atoms with Gasteiger partial charge in [0, 0.05) is 0 Å². The molecule has 1 aromatic carbocycles. The summed E-state index contributed by atoms with van der Waals surface area (Å²) in [7, 11) is 0. The van der Waals surface area contributed by atoms with Gasteiger partial charge in [-0.25, -0.2) is 0 Å². The van der Waals surface area contributed by atoms with Crippen LogP contribution in [0.25, 0.3) is 6.08 Å². The zero-order valence-electron chi connectivity index (χ0n) is 11.0. The van der Waals surface area contributed by atoms with Crippen molar-refractivity contribution in [3.05, 3.63) is 66.8 Å². The number of rotatable bonds is 1. The Morgan fingerprint density at radius 3 is 1.37 bits per heavy atom. The van der Waals surface area contributed by atoms with E-state index in [-0.39, 0.29) is 22.3 Å². The summed E-state index contributed by atoms with van der Waals surface area (Å²) < 4.78 is 0. The number of hydrogen-bond acceptors (Lipinski definition) is 0. The quantitative estimate of drug-likeness (QED) is 0.463. The fourth-order valence-electron chi connectivity index (χ4n) is 0.757. The first-order valence-corrected chi connectivity index (χ1v) is 5.58. The van der Waals surface area contributed by atoms with Gasteiger partial charge >= 0.3 is 0 Å². The van der Waals surface area contributed by atoms with Crippen LogP contribution in [0.5, 0.6) is 0 Å². The van der Waals surface area contributed by atoms with Crippen LogP contribution in [0, 0.1) is 0 Å². The van der Waals surface area contributed by atoms with E-state index in [0.29, 0.717) is 0 Å². The van der Waals surface area contributed by atoms with Crippen molar-refractivity contribution in [1.29, 1.82) is 0 Å². The number of hydrogen-bond donors (Lipinski definition) is 0. The van der Waals surface area contributed by atoms with Crippen molar-refractivity contribution in [3.63, 3.8) is 0 Å². The first-order chi connectivity index (χ1) is 7.76. The Kier molecular flexibility index (Phi) is 48.0. The lowest BCUT2D eigenvalue weighted by Gasteiger charge is -1.86. The molecule has 0 aliphatic rings. The predicted molar refractivity (Wildman–Crippen MR) is 97.7 cm³/mol. The molecule has 0 saturated carbocycles. The molecule has 0 heteroatoms. The molecule has 0 aliphatic carbocycles. The monoisotopic (exact) mass is 264 g/mol. The minimum atomic E-state index is 0. The van der Waals surface area contributed by atoms with E-state index in [9.17, 15) is 0 Å². The molecule has 19 heavy (non-hydrogen) atoms. The summed E-state index contributed by atoms with van der Waals surface area (Å²) in [5.41, 5.74) is 1.26. The zero-order valence-corrected chi connectivity index (χ0v) is 11.0. The van der Waals surface area contributed by atoms with Crippen molar-refractivity contribution in [3.8, 4) is 0 Å². The van der Waals surface area contributed by atoms with Gasteiger partial charge in [0.1, 0.15) is 0 Å². The molecular formula is C19H36. The second-order valence-electron chi connectivity index (χ2n) is 2.99. The Balaban J connectivity index is -0.0000000572. The SMILES string of the molecule is C.C.C.C=CC.CC=CC.CC=Cc1ccccc1. The third-order valence-electron chi connectivity index (χ3n) is 1.49. The highest BCUT2D eigenvalue weighted by Gasteiger charge is 1.77. The highest BCUT2D eigenvalue weighted by molar-refractivity contribution is 5.47. The minimum Gasteiger partial charge on any atom is -0.103 e. The van der Waals surface area contributed by atoms with Gasteiger partial charge in [0.05, 0.1) is 0 Å². The molecule has 0 aliphatic heterocycles. The lowest BCUT2D eigenvalue weighted by Crippen LogP contribution is -1.65. The van der Waals surface area contributed by atoms with Gasteiger partial charge in [0.25, 0.3) is 0 Å². The van der Waals surface area contributed by atoms with E-state index in [1.54, 1.807) is 6.08 Å². The first kappa shape index (κ1) is 30.5. The van der Waals surface area contributed by atoms with E-state index in [0.717, 1.165) is 0 Å². The smallest absolute Gasteiger partial charge is 0.0260 e. The third-order valence-corrected chi connectivity index (χ3v) is 1.49. The van der Waals surface area contributed by atoms with Crippen molar-refractivity contribution < 1.29 is 0 Å². The minimum absolute atomic E-state index is 0. The first-order valence-electron chi connectivity index (χ1n) is 5.58. The van der Waals surface area contributed by atoms with Gasteiger partial charge in [-0.05, 0) is 33.3 Å². The number of allylic oxidation sites excluding steroid dienone is 4. The van der Waals surface area contributed by atoms with Gasteiger partial charge in [-0.2, -0.15) is 0 Å². The number of benzene rings is 1. The molecule has 0 bridgehead atoms. The van der Waals surface area contributed by atoms with Crippen LogP contribution in [0.15, 0.2) is 61.2 Å². The molecule has 0 amide bonds. The van der Waals surface area contributed by atoms with Gasteiger partial charge in [-0.3, -0.25) is 0 Å². The van der Waals surface area contributed by atoms with Gasteiger partial charge in [0.15, 0.2) is 0 Å². The average molecular weight is 264 g/mol. The second kappa shape index (κ2) is 29.9. The Hall–Kier alpha value is -1.56. The van der Waals surface area contributed by atoms with Crippen LogP contribution >= 0.6 is 0 Å². The fraction of sp³-hybridized carbons (Fsp3) is 0.368. The lowest BCUT2D eigenvalue weighted by atomic mass is 10.2. The van der Waals surface area contributed by atoms with Crippen molar-refractivity contribution in [2.75, 3.05) is 0 Å². The summed E-state index contributed by atoms with van der Waals surface area (Å²) in [6.45, 7) is 11.3. The maximum atomic E-state index is 3.36. The van der Waals surface area contributed by atoms with Gasteiger partial charge in [-0.1, -0.05) is 83.0 Å². The Morgan fingerprint density at radius 2 is 1.11 bits per heavy atom. The highest BCUT2D eigenvalue weighted by atomic mass is 13.8. The molecule has 0 heterocycles. The van der Waals surface area contributed by atoms with E-state index in [1.807, 2.05) is 64.1 Å². The van der Waals surface area contributed by atoms with Gasteiger partial charge < -0.3 is 0 Å². The Bertz CT molecular complexity index is 274. The molecule has 0 N–H and O–H groups in total. The molecule has 0 unspecified atom stereocenters. The van der Waals surface area contributed by atoms with Crippen LogP contribution in [0.1, 0.15) is 55.5 Å². The topological polar surface area (TPSA) is 0 Å². The van der Waals surface area contributed by atoms with E-state index < -0.39 is 0 Å². The summed E-state index contributed by atoms with van der Waals surface area (Å²) >= 11 is 0. The molecule has 1 aromatic rings. The van der Waals surface area contributed by atoms with E-state index in [1.165, 1.54) is 5.56 Å². The highest BCUT2D eigenvalue weighted by Crippen LogP contribution is 1.99. The second-order valence-corrected chi connectivity index (χ2v) is 2.99. The molecule has 0 atom stereocenters. The summed E-state index contributed by atoms with van der Waals surface area (Å²) in [6, 6.07) is 10.3. The summed E-state index contributed by atoms with van der Waals surface area (Å²) in [5.74, 6) is 0. The molecule has 0 saturated heterocycles. The van der Waals surface area contributed by atoms with E-state index in [2.05, 4.69) is 24.8 Å². The summed E-state index contributed by atoms with van der Waals surface area (Å²) in [6.07, 6.45) is 9.87. The maximum absolute atomic E-state index is 3.36. The third kappa shape index (κ3) is 31.5. The van der Waals surface area contributed by atoms with Crippen LogP contribution in [0.2, 0.25) is 0 Å². The van der Waals surface area contributed by atoms with Gasteiger partial charge in [-0.15, -0.1) is 6.58 Å². The van der Waals surface area contributed by atoms with Crippen molar-refractivity contribution in [2.24, 2.45) is 0 Å². The molecular weight excluding hydrogens is 228 g/mol. The van der Waals surface area contributed by atoms with E-state index in [4.69, 9.17) is 0 Å². The van der Waals surface area contributed by atoms with Crippen molar-refractivity contribution >= 4 is 6.08 Å². The van der Waals surface area contributed by atoms with Gasteiger partial charge in [0.2, 0.25) is 0 Å². The summed E-state index contributed by atoms with van der Waals surface area (Å²) in [4.78, 5) is 0. The normalized spacial score (nSPS) is 7.58. The molecule has 112 valence electrons. The van der Waals surface area contributed by atoms with Crippen LogP contribution in [0.3, 0.4) is 0 Å². The summed E-state index contributed by atoms with van der Waals surface area (Å²) in [5, 5.41) is 0. The molecule has 0 fully saturated rings. The average Bonchev–Trinajstić information content (AvgIpc) is 2.32. The Morgan fingerprint density at radius 1 is 0.737 bits per heavy atom. The zero-order chi connectivity index (χ0) is 12.6. The predicted octanol–water partition coefficient (Wildman–Crippen LogP) is 7.40. The van der Waals surface area contributed by atoms with Crippen LogP contribution in [-0.4, -0.2) is 0 Å². The van der Waals surface area contributed by atoms with Crippen LogP contribution in [-0.2, 0) is 0 Å². The molecule has 0 radical (unpaired) electrons. The lowest BCUT2D eigenvalue weighted by molar-refractivity contribution is 1.64. The molecule has 1 rings (SSSR count). The van der Waals surface area contributed by atoms with E-state index >= 15 is 0 Å². The van der Waals surface area contributed by atoms with Crippen molar-refractivity contribution in [2.45, 2.75) is 50.0 Å².